The van der Waals surface area contributed by atoms with Crippen LogP contribution in [0, 0.1) is 63.2 Å². The van der Waals surface area contributed by atoms with Crippen LogP contribution in [0.5, 0.6) is 0 Å². The number of Topliss-reactive ketones (excluding diaryl/α,β-unsaturated/α-hetero) is 2. The molecule has 2 amide bonds. The molecule has 10 radical (unpaired) electrons. The van der Waals surface area contributed by atoms with Gasteiger partial charge in [-0.05, 0) is 62.5 Å². The molecular weight excluding hydrogens is 756 g/mol. The Bertz CT molecular complexity index is 1310. The molecular formula is C40H44FeN2O8S2+2. The number of amides is 2. The summed E-state index contributed by atoms with van der Waals surface area (Å²) in [5.74, 6) is 1.58. The third-order valence-electron chi connectivity index (χ3n) is 7.59. The third kappa shape index (κ3) is 18.2. The minimum absolute atomic E-state index is 0. The van der Waals surface area contributed by atoms with Crippen LogP contribution in [0.3, 0.4) is 0 Å². The van der Waals surface area contributed by atoms with Crippen molar-refractivity contribution in [3.63, 3.8) is 0 Å². The molecule has 2 aromatic carbocycles. The van der Waals surface area contributed by atoms with Gasteiger partial charge < -0.3 is 20.1 Å². The fraction of sp³-hybridized carbons (Fsp3) is 0.300. The van der Waals surface area contributed by atoms with Gasteiger partial charge in [-0.2, -0.15) is 23.5 Å². The molecule has 53 heavy (non-hydrogen) atoms. The summed E-state index contributed by atoms with van der Waals surface area (Å²) in [5, 5.41) is 5.43. The van der Waals surface area contributed by atoms with Crippen molar-refractivity contribution in [2.45, 2.75) is 37.8 Å². The monoisotopic (exact) mass is 800 g/mol. The SMILES string of the molecule is COC(=O)[C@H](Cc1ccccc1)NC(=O)CSCCC(=O)[C]1[CH][CH][CH][CH]1.COC(=O)[C@H](Cc1ccccc1)NC(=O)CSCCC(=O)[C]1[CH][CH][CH][CH]1.[Fe+2]. The van der Waals surface area contributed by atoms with Crippen LogP contribution in [0.25, 0.3) is 0 Å². The molecule has 13 heteroatoms. The number of hydrogen-bond donors (Lipinski definition) is 2. The predicted molar refractivity (Wildman–Crippen MR) is 203 cm³/mol. The molecule has 0 spiro atoms. The van der Waals surface area contributed by atoms with Crippen LogP contribution in [0.1, 0.15) is 24.0 Å². The summed E-state index contributed by atoms with van der Waals surface area (Å²) < 4.78 is 9.56. The van der Waals surface area contributed by atoms with E-state index in [2.05, 4.69) is 10.6 Å². The van der Waals surface area contributed by atoms with Gasteiger partial charge in [0.05, 0.1) is 25.7 Å². The molecule has 2 aliphatic rings. The zero-order chi connectivity index (χ0) is 37.6. The Kier molecular flexibility index (Phi) is 23.1. The molecule has 0 aromatic heterocycles. The van der Waals surface area contributed by atoms with Crippen LogP contribution >= 0.6 is 23.5 Å². The van der Waals surface area contributed by atoms with Crippen LogP contribution in [0.2, 0.25) is 0 Å². The molecule has 2 fully saturated rings. The second-order valence-corrected chi connectivity index (χ2v) is 13.7. The number of nitrogens with one attached hydrogen (secondary N) is 2. The van der Waals surface area contributed by atoms with E-state index in [0.717, 1.165) is 11.1 Å². The summed E-state index contributed by atoms with van der Waals surface area (Å²) in [6.45, 7) is 0. The van der Waals surface area contributed by atoms with Gasteiger partial charge in [0.25, 0.3) is 0 Å². The molecule has 10 nitrogen and oxygen atoms in total. The van der Waals surface area contributed by atoms with Crippen molar-refractivity contribution in [2.24, 2.45) is 0 Å². The third-order valence-corrected chi connectivity index (χ3v) is 9.51. The smallest absolute Gasteiger partial charge is 0.467 e. The molecule has 2 saturated carbocycles. The molecule has 0 bridgehead atoms. The Hall–Kier alpha value is -3.12. The standard InChI is InChI=1S/2C20H22NO4S.Fe/c2*1-25-20(24)17(13-15-7-3-2-4-8-15)21-19(23)14-26-12-11-18(22)16-9-5-6-10-16;/h2*2-10,17H,11-14H2,1H3,(H,21,23);/q;;+2/t2*17-;/m00./s1. The summed E-state index contributed by atoms with van der Waals surface area (Å²) in [7, 11) is 2.60. The van der Waals surface area contributed by atoms with Crippen LogP contribution in [-0.2, 0) is 68.2 Å². The van der Waals surface area contributed by atoms with Crippen molar-refractivity contribution < 1.29 is 55.3 Å². The van der Waals surface area contributed by atoms with Gasteiger partial charge >= 0.3 is 29.0 Å². The van der Waals surface area contributed by atoms with E-state index >= 15 is 0 Å². The summed E-state index contributed by atoms with van der Waals surface area (Å²) in [6, 6.07) is 17.4. The molecule has 2 N–H and O–H groups in total. The summed E-state index contributed by atoms with van der Waals surface area (Å²) >= 11 is 2.74. The Balaban J connectivity index is 0.000000360. The maximum absolute atomic E-state index is 12.1. The molecule has 280 valence electrons. The minimum Gasteiger partial charge on any atom is -0.467 e. The second-order valence-electron chi connectivity index (χ2n) is 11.5. The van der Waals surface area contributed by atoms with Crippen LogP contribution < -0.4 is 10.6 Å². The summed E-state index contributed by atoms with van der Waals surface area (Å²) in [4.78, 5) is 71.8. The largest absolute Gasteiger partial charge is 2.00 e. The van der Waals surface area contributed by atoms with Gasteiger partial charge in [0.15, 0.2) is 0 Å². The number of methoxy groups -OCH3 is 2. The van der Waals surface area contributed by atoms with Gasteiger partial charge in [-0.15, -0.1) is 0 Å². The van der Waals surface area contributed by atoms with E-state index < -0.39 is 24.0 Å². The molecule has 2 aliphatic carbocycles. The molecule has 0 heterocycles. The molecule has 2 aromatic rings. The van der Waals surface area contributed by atoms with Crippen molar-refractivity contribution in [1.29, 1.82) is 0 Å². The molecule has 4 rings (SSSR count). The van der Waals surface area contributed by atoms with Gasteiger partial charge in [0.1, 0.15) is 23.7 Å². The van der Waals surface area contributed by atoms with Crippen molar-refractivity contribution in [2.75, 3.05) is 37.2 Å². The Morgan fingerprint density at radius 3 is 1.23 bits per heavy atom. The zero-order valence-corrected chi connectivity index (χ0v) is 32.4. The Morgan fingerprint density at radius 2 is 0.906 bits per heavy atom. The normalized spacial score (nSPS) is 15.1. The van der Waals surface area contributed by atoms with Gasteiger partial charge in [-0.1, -0.05) is 60.7 Å². The van der Waals surface area contributed by atoms with E-state index in [4.69, 9.17) is 9.47 Å². The maximum atomic E-state index is 12.1. The van der Waals surface area contributed by atoms with E-state index in [1.165, 1.54) is 37.7 Å². The van der Waals surface area contributed by atoms with Crippen molar-refractivity contribution >= 4 is 58.8 Å². The number of carbonyl (C=O) groups is 6. The minimum atomic E-state index is -0.721. The van der Waals surface area contributed by atoms with Crippen LogP contribution in [0.15, 0.2) is 60.7 Å². The van der Waals surface area contributed by atoms with E-state index in [1.807, 2.05) is 86.3 Å². The van der Waals surface area contributed by atoms with Crippen LogP contribution in [-0.4, -0.2) is 84.6 Å². The van der Waals surface area contributed by atoms with Gasteiger partial charge in [0.2, 0.25) is 11.8 Å². The number of esters is 2. The van der Waals surface area contributed by atoms with Crippen molar-refractivity contribution in [3.8, 4) is 0 Å². The van der Waals surface area contributed by atoms with E-state index in [9.17, 15) is 28.8 Å². The first-order chi connectivity index (χ1) is 25.2. The Morgan fingerprint density at radius 1 is 0.566 bits per heavy atom. The van der Waals surface area contributed by atoms with E-state index in [-0.39, 0.29) is 52.0 Å². The number of thioether (sulfide) groups is 2. The van der Waals surface area contributed by atoms with Crippen molar-refractivity contribution in [3.05, 3.63) is 135 Å². The molecule has 0 saturated heterocycles. The van der Waals surface area contributed by atoms with Gasteiger partial charge in [-0.3, -0.25) is 19.2 Å². The summed E-state index contributed by atoms with van der Waals surface area (Å²) in [5.41, 5.74) is 1.88. The Labute approximate surface area is 333 Å². The number of benzene rings is 2. The van der Waals surface area contributed by atoms with Crippen molar-refractivity contribution in [1.82, 2.24) is 10.6 Å². The fourth-order valence-electron chi connectivity index (χ4n) is 4.91. The number of carbonyl (C=O) groups excluding carboxylic acids is 6. The zero-order valence-electron chi connectivity index (χ0n) is 29.6. The topological polar surface area (TPSA) is 145 Å². The molecule has 0 aliphatic heterocycles. The first-order valence-corrected chi connectivity index (χ1v) is 19.0. The van der Waals surface area contributed by atoms with Gasteiger partial charge in [-0.25, -0.2) is 9.59 Å². The average Bonchev–Trinajstić information content (AvgIpc) is 3.91. The molecule has 0 unspecified atom stereocenters. The fourth-order valence-corrected chi connectivity index (χ4v) is 6.40. The molecule has 2 atom stereocenters. The number of ether oxygens (including phenoxy) is 2. The second kappa shape index (κ2) is 26.6. The van der Waals surface area contributed by atoms with Gasteiger partial charge in [0, 0.05) is 49.0 Å². The number of rotatable bonds is 20. The van der Waals surface area contributed by atoms with E-state index in [1.54, 1.807) is 25.7 Å². The van der Waals surface area contributed by atoms with Crippen LogP contribution in [0.4, 0.5) is 0 Å². The number of ketones is 2. The number of hydrogen-bond acceptors (Lipinski definition) is 10. The average molecular weight is 801 g/mol. The summed E-state index contributed by atoms with van der Waals surface area (Å²) in [6.07, 6.45) is 15.9. The quantitative estimate of drug-likeness (QED) is 0.115. The van der Waals surface area contributed by atoms with E-state index in [0.29, 0.717) is 49.0 Å². The predicted octanol–water partition coefficient (Wildman–Crippen LogP) is 3.97. The first kappa shape index (κ1) is 46.0. The maximum Gasteiger partial charge on any atom is 2.00 e. The first-order valence-electron chi connectivity index (χ1n) is 16.7.